The predicted molar refractivity (Wildman–Crippen MR) is 143 cm³/mol. The summed E-state index contributed by atoms with van der Waals surface area (Å²) in [6, 6.07) is 19.9. The number of nitriles is 1. The van der Waals surface area contributed by atoms with Crippen LogP contribution in [0.25, 0.3) is 0 Å². The minimum atomic E-state index is -0.503. The molecule has 0 saturated heterocycles. The van der Waals surface area contributed by atoms with E-state index in [1.165, 1.54) is 5.56 Å². The lowest BCUT2D eigenvalue weighted by molar-refractivity contribution is 0.0363. The molecule has 8 nitrogen and oxygen atoms in total. The molecule has 0 bridgehead atoms. The van der Waals surface area contributed by atoms with Crippen molar-refractivity contribution < 1.29 is 19.0 Å². The SMILES string of the molecule is CC(C)(C)OC(=O)NC1CC(Oc2ccc(C(C)(C)c3ccc(OCc4ccnc(C#N)n4)cc3)cc2)C1. The van der Waals surface area contributed by atoms with E-state index in [0.717, 1.165) is 29.9 Å². The number of aromatic nitrogens is 2. The minimum absolute atomic E-state index is 0.0789. The van der Waals surface area contributed by atoms with Crippen molar-refractivity contribution >= 4 is 6.09 Å². The van der Waals surface area contributed by atoms with Gasteiger partial charge in [-0.25, -0.2) is 14.8 Å². The van der Waals surface area contributed by atoms with Gasteiger partial charge in [-0.05, 0) is 62.2 Å². The zero-order valence-corrected chi connectivity index (χ0v) is 22.5. The first-order chi connectivity index (χ1) is 18.0. The third-order valence-corrected chi connectivity index (χ3v) is 6.47. The first-order valence-electron chi connectivity index (χ1n) is 12.7. The summed E-state index contributed by atoms with van der Waals surface area (Å²) in [5, 5.41) is 11.8. The number of carbonyl (C=O) groups is 1. The van der Waals surface area contributed by atoms with E-state index in [1.54, 1.807) is 12.3 Å². The van der Waals surface area contributed by atoms with Crippen LogP contribution in [0.4, 0.5) is 4.79 Å². The molecular weight excluding hydrogens is 480 g/mol. The van der Waals surface area contributed by atoms with Crippen molar-refractivity contribution in [2.75, 3.05) is 0 Å². The normalized spacial score (nSPS) is 17.1. The maximum atomic E-state index is 11.9. The van der Waals surface area contributed by atoms with Gasteiger partial charge in [-0.1, -0.05) is 38.1 Å². The van der Waals surface area contributed by atoms with E-state index < -0.39 is 5.60 Å². The second kappa shape index (κ2) is 11.1. The van der Waals surface area contributed by atoms with Crippen LogP contribution in [0, 0.1) is 11.3 Å². The summed E-state index contributed by atoms with van der Waals surface area (Å²) < 4.78 is 17.2. The lowest BCUT2D eigenvalue weighted by atomic mass is 9.78. The fraction of sp³-hybridized carbons (Fsp3) is 0.400. The maximum absolute atomic E-state index is 11.9. The Morgan fingerprint density at radius 1 is 0.974 bits per heavy atom. The van der Waals surface area contributed by atoms with Gasteiger partial charge in [0.2, 0.25) is 5.82 Å². The Hall–Kier alpha value is -4.12. The monoisotopic (exact) mass is 514 g/mol. The van der Waals surface area contributed by atoms with Gasteiger partial charge in [0.25, 0.3) is 0 Å². The Morgan fingerprint density at radius 2 is 1.58 bits per heavy atom. The molecule has 1 heterocycles. The van der Waals surface area contributed by atoms with Crippen LogP contribution >= 0.6 is 0 Å². The van der Waals surface area contributed by atoms with Crippen molar-refractivity contribution in [1.29, 1.82) is 5.26 Å². The second-order valence-electron chi connectivity index (χ2n) is 11.0. The summed E-state index contributed by atoms with van der Waals surface area (Å²) in [7, 11) is 0. The van der Waals surface area contributed by atoms with Gasteiger partial charge in [0, 0.05) is 30.5 Å². The molecule has 1 saturated carbocycles. The van der Waals surface area contributed by atoms with Crippen LogP contribution in [0.2, 0.25) is 0 Å². The molecule has 3 aromatic rings. The summed E-state index contributed by atoms with van der Waals surface area (Å²) in [6.07, 6.45) is 2.77. The van der Waals surface area contributed by atoms with E-state index in [2.05, 4.69) is 53.4 Å². The smallest absolute Gasteiger partial charge is 0.407 e. The largest absolute Gasteiger partial charge is 0.490 e. The molecule has 2 aromatic carbocycles. The number of ether oxygens (including phenoxy) is 3. The van der Waals surface area contributed by atoms with E-state index in [0.29, 0.717) is 5.69 Å². The van der Waals surface area contributed by atoms with Gasteiger partial charge in [0.05, 0.1) is 5.69 Å². The van der Waals surface area contributed by atoms with E-state index in [9.17, 15) is 4.79 Å². The highest BCUT2D eigenvalue weighted by molar-refractivity contribution is 5.68. The molecule has 0 aliphatic heterocycles. The summed E-state index contributed by atoms with van der Waals surface area (Å²) >= 11 is 0. The highest BCUT2D eigenvalue weighted by Gasteiger charge is 2.33. The Morgan fingerprint density at radius 3 is 2.16 bits per heavy atom. The lowest BCUT2D eigenvalue weighted by Gasteiger charge is -2.36. The Kier molecular flexibility index (Phi) is 7.86. The number of alkyl carbamates (subject to hydrolysis) is 1. The average molecular weight is 515 g/mol. The van der Waals surface area contributed by atoms with Crippen molar-refractivity contribution in [3.8, 4) is 17.6 Å². The Bertz CT molecular complexity index is 1290. The first kappa shape index (κ1) is 26.9. The summed E-state index contributed by atoms with van der Waals surface area (Å²) in [4.78, 5) is 19.9. The molecule has 38 heavy (non-hydrogen) atoms. The molecule has 1 amide bonds. The number of hydrogen-bond donors (Lipinski definition) is 1. The van der Waals surface area contributed by atoms with Crippen LogP contribution in [0.1, 0.15) is 70.1 Å². The van der Waals surface area contributed by atoms with Crippen LogP contribution in [0.5, 0.6) is 11.5 Å². The van der Waals surface area contributed by atoms with Crippen LogP contribution < -0.4 is 14.8 Å². The van der Waals surface area contributed by atoms with Crippen LogP contribution in [0.3, 0.4) is 0 Å². The van der Waals surface area contributed by atoms with Gasteiger partial charge >= 0.3 is 6.09 Å². The van der Waals surface area contributed by atoms with Gasteiger partial charge in [-0.15, -0.1) is 0 Å². The Labute approximate surface area is 224 Å². The highest BCUT2D eigenvalue weighted by Crippen LogP contribution is 2.34. The van der Waals surface area contributed by atoms with Crippen molar-refractivity contribution in [3.05, 3.63) is 83.4 Å². The zero-order chi connectivity index (χ0) is 27.3. The van der Waals surface area contributed by atoms with Gasteiger partial charge in [0.1, 0.15) is 35.9 Å². The molecule has 1 aromatic heterocycles. The molecule has 1 aliphatic carbocycles. The average Bonchev–Trinajstić information content (AvgIpc) is 2.86. The zero-order valence-electron chi connectivity index (χ0n) is 22.5. The number of nitrogens with zero attached hydrogens (tertiary/aromatic N) is 3. The van der Waals surface area contributed by atoms with Crippen molar-refractivity contribution in [1.82, 2.24) is 15.3 Å². The molecule has 0 atom stereocenters. The molecule has 0 spiro atoms. The van der Waals surface area contributed by atoms with Crippen molar-refractivity contribution in [2.24, 2.45) is 0 Å². The van der Waals surface area contributed by atoms with Gasteiger partial charge < -0.3 is 19.5 Å². The third-order valence-electron chi connectivity index (χ3n) is 6.47. The topological polar surface area (TPSA) is 106 Å². The summed E-state index contributed by atoms with van der Waals surface area (Å²) in [6.45, 7) is 10.2. The maximum Gasteiger partial charge on any atom is 0.407 e. The predicted octanol–water partition coefficient (Wildman–Crippen LogP) is 5.69. The molecule has 0 radical (unpaired) electrons. The van der Waals surface area contributed by atoms with Crippen LogP contribution in [0.15, 0.2) is 60.8 Å². The fourth-order valence-electron chi connectivity index (χ4n) is 4.22. The number of benzene rings is 2. The summed E-state index contributed by atoms with van der Waals surface area (Å²) in [5.41, 5.74) is 2.26. The molecule has 1 aliphatic rings. The fourth-order valence-corrected chi connectivity index (χ4v) is 4.22. The third kappa shape index (κ3) is 7.00. The number of hydrogen-bond acceptors (Lipinski definition) is 7. The van der Waals surface area contributed by atoms with E-state index in [1.807, 2.05) is 51.1 Å². The standard InChI is InChI=1S/C30H34N4O4/c1-29(2,3)38-28(35)34-23-16-26(17-23)37-25-12-8-21(9-13-25)30(4,5)20-6-10-24(11-7-20)36-19-22-14-15-32-27(18-31)33-22/h6-15,23,26H,16-17,19H2,1-5H3,(H,34,35). The number of rotatable bonds is 8. The number of carbonyl (C=O) groups excluding carboxylic acids is 1. The molecule has 198 valence electrons. The molecule has 1 N–H and O–H groups in total. The van der Waals surface area contributed by atoms with Crippen LogP contribution in [-0.4, -0.2) is 33.8 Å². The minimum Gasteiger partial charge on any atom is -0.490 e. The molecular formula is C30H34N4O4. The quantitative estimate of drug-likeness (QED) is 0.412. The molecule has 1 fully saturated rings. The summed E-state index contributed by atoms with van der Waals surface area (Å²) in [5.74, 6) is 1.68. The van der Waals surface area contributed by atoms with E-state index >= 15 is 0 Å². The molecule has 4 rings (SSSR count). The van der Waals surface area contributed by atoms with Crippen LogP contribution in [-0.2, 0) is 16.8 Å². The van der Waals surface area contributed by atoms with E-state index in [4.69, 9.17) is 19.5 Å². The van der Waals surface area contributed by atoms with Gasteiger partial charge in [-0.2, -0.15) is 5.26 Å². The van der Waals surface area contributed by atoms with Crippen molar-refractivity contribution in [2.45, 2.75) is 77.2 Å². The lowest BCUT2D eigenvalue weighted by Crippen LogP contribution is -2.50. The van der Waals surface area contributed by atoms with Gasteiger partial charge in [0.15, 0.2) is 0 Å². The molecule has 8 heteroatoms. The first-order valence-corrected chi connectivity index (χ1v) is 12.7. The number of nitrogens with one attached hydrogen (secondary N) is 1. The number of amides is 1. The van der Waals surface area contributed by atoms with Gasteiger partial charge in [-0.3, -0.25) is 0 Å². The second-order valence-corrected chi connectivity index (χ2v) is 11.0. The highest BCUT2D eigenvalue weighted by atomic mass is 16.6. The van der Waals surface area contributed by atoms with Crippen molar-refractivity contribution in [3.63, 3.8) is 0 Å². The van der Waals surface area contributed by atoms with E-state index in [-0.39, 0.29) is 36.1 Å². The molecule has 0 unspecified atom stereocenters. The Balaban J connectivity index is 1.28.